The summed E-state index contributed by atoms with van der Waals surface area (Å²) in [5, 5.41) is 3.83. The maximum Gasteiger partial charge on any atom is 0.254 e. The van der Waals surface area contributed by atoms with Gasteiger partial charge in [-0.05, 0) is 44.4 Å². The van der Waals surface area contributed by atoms with Gasteiger partial charge in [0.25, 0.3) is 5.91 Å². The molecule has 1 aliphatic rings. The van der Waals surface area contributed by atoms with Crippen LogP contribution in [0.1, 0.15) is 45.5 Å². The zero-order valence-corrected chi connectivity index (χ0v) is 12.6. The molecule has 5 heteroatoms. The Labute approximate surface area is 124 Å². The molecule has 0 unspecified atom stereocenters. The van der Waals surface area contributed by atoms with Crippen molar-refractivity contribution in [3.8, 4) is 0 Å². The van der Waals surface area contributed by atoms with E-state index in [0.717, 1.165) is 29.7 Å². The molecule has 110 valence electrons. The minimum Gasteiger partial charge on any atom is -0.339 e. The SMILES string of the molecule is Cc1noc([C@H]2CCN(C(=O)c3cccc(C)c3C)C2)n1. The highest BCUT2D eigenvalue weighted by atomic mass is 16.5. The molecule has 2 aromatic rings. The lowest BCUT2D eigenvalue weighted by Gasteiger charge is -2.18. The van der Waals surface area contributed by atoms with Crippen LogP contribution in [0.15, 0.2) is 22.7 Å². The standard InChI is InChI=1S/C16H19N3O2/c1-10-5-4-6-14(11(10)2)16(20)19-8-7-13(9-19)15-17-12(3)18-21-15/h4-6,13H,7-9H2,1-3H3/t13-/m0/s1. The first-order chi connectivity index (χ1) is 10.1. The molecule has 1 amide bonds. The van der Waals surface area contributed by atoms with Crippen LogP contribution in [0.3, 0.4) is 0 Å². The Morgan fingerprint density at radius 2 is 2.14 bits per heavy atom. The molecule has 5 nitrogen and oxygen atoms in total. The van der Waals surface area contributed by atoms with Crippen LogP contribution >= 0.6 is 0 Å². The van der Waals surface area contributed by atoms with Crippen LogP contribution in [-0.2, 0) is 0 Å². The molecule has 0 bridgehead atoms. The summed E-state index contributed by atoms with van der Waals surface area (Å²) in [6.07, 6.45) is 0.873. The fourth-order valence-electron chi connectivity index (χ4n) is 2.78. The highest BCUT2D eigenvalue weighted by Gasteiger charge is 2.31. The zero-order chi connectivity index (χ0) is 15.0. The predicted molar refractivity (Wildman–Crippen MR) is 78.2 cm³/mol. The van der Waals surface area contributed by atoms with Gasteiger partial charge in [0, 0.05) is 18.7 Å². The van der Waals surface area contributed by atoms with Crippen molar-refractivity contribution in [2.75, 3.05) is 13.1 Å². The summed E-state index contributed by atoms with van der Waals surface area (Å²) in [6.45, 7) is 7.21. The predicted octanol–water partition coefficient (Wildman–Crippen LogP) is 2.62. The fraction of sp³-hybridized carbons (Fsp3) is 0.438. The third kappa shape index (κ3) is 2.55. The van der Waals surface area contributed by atoms with Crippen molar-refractivity contribution in [2.45, 2.75) is 33.1 Å². The van der Waals surface area contributed by atoms with Crippen molar-refractivity contribution in [1.29, 1.82) is 0 Å². The zero-order valence-electron chi connectivity index (χ0n) is 12.6. The van der Waals surface area contributed by atoms with Crippen molar-refractivity contribution < 1.29 is 9.32 Å². The van der Waals surface area contributed by atoms with Gasteiger partial charge in [0.1, 0.15) is 0 Å². The topological polar surface area (TPSA) is 59.2 Å². The van der Waals surface area contributed by atoms with E-state index in [1.165, 1.54) is 0 Å². The monoisotopic (exact) mass is 285 g/mol. The van der Waals surface area contributed by atoms with E-state index in [0.29, 0.717) is 18.3 Å². The number of hydrogen-bond acceptors (Lipinski definition) is 4. The van der Waals surface area contributed by atoms with Gasteiger partial charge in [-0.25, -0.2) is 0 Å². The maximum absolute atomic E-state index is 12.7. The Hall–Kier alpha value is -2.17. The van der Waals surface area contributed by atoms with Crippen LogP contribution in [0.4, 0.5) is 0 Å². The Bertz CT molecular complexity index is 678. The summed E-state index contributed by atoms with van der Waals surface area (Å²) in [6, 6.07) is 5.86. The van der Waals surface area contributed by atoms with E-state index < -0.39 is 0 Å². The molecule has 3 rings (SSSR count). The summed E-state index contributed by atoms with van der Waals surface area (Å²) in [5.41, 5.74) is 2.99. The molecule has 2 heterocycles. The van der Waals surface area contributed by atoms with Gasteiger partial charge in [0.05, 0.1) is 5.92 Å². The molecule has 1 atom stereocenters. The van der Waals surface area contributed by atoms with Crippen LogP contribution in [0.2, 0.25) is 0 Å². The van der Waals surface area contributed by atoms with E-state index >= 15 is 0 Å². The van der Waals surface area contributed by atoms with Gasteiger partial charge >= 0.3 is 0 Å². The molecule has 21 heavy (non-hydrogen) atoms. The Morgan fingerprint density at radius 1 is 1.33 bits per heavy atom. The lowest BCUT2D eigenvalue weighted by Crippen LogP contribution is -2.29. The molecule has 1 aliphatic heterocycles. The molecular formula is C16H19N3O2. The smallest absolute Gasteiger partial charge is 0.254 e. The molecular weight excluding hydrogens is 266 g/mol. The average Bonchev–Trinajstić information content (AvgIpc) is 3.09. The van der Waals surface area contributed by atoms with E-state index in [1.807, 2.05) is 36.9 Å². The Kier molecular flexibility index (Phi) is 3.49. The largest absolute Gasteiger partial charge is 0.339 e. The number of carbonyl (C=O) groups is 1. The third-order valence-corrected chi connectivity index (χ3v) is 4.20. The van der Waals surface area contributed by atoms with E-state index in [1.54, 1.807) is 6.92 Å². The second kappa shape index (κ2) is 5.31. The highest BCUT2D eigenvalue weighted by molar-refractivity contribution is 5.96. The fourth-order valence-corrected chi connectivity index (χ4v) is 2.78. The van der Waals surface area contributed by atoms with E-state index in [-0.39, 0.29) is 11.8 Å². The Balaban J connectivity index is 1.77. The molecule has 1 aromatic heterocycles. The van der Waals surface area contributed by atoms with Crippen LogP contribution in [0, 0.1) is 20.8 Å². The van der Waals surface area contributed by atoms with E-state index in [9.17, 15) is 4.79 Å². The van der Waals surface area contributed by atoms with Crippen molar-refractivity contribution in [3.05, 3.63) is 46.6 Å². The first-order valence-corrected chi connectivity index (χ1v) is 7.22. The maximum atomic E-state index is 12.7. The first kappa shape index (κ1) is 13.8. The lowest BCUT2D eigenvalue weighted by molar-refractivity contribution is 0.0789. The summed E-state index contributed by atoms with van der Waals surface area (Å²) in [5.74, 6) is 1.53. The van der Waals surface area contributed by atoms with Gasteiger partial charge in [-0.3, -0.25) is 4.79 Å². The Morgan fingerprint density at radius 3 is 2.86 bits per heavy atom. The minimum absolute atomic E-state index is 0.0925. The first-order valence-electron chi connectivity index (χ1n) is 7.22. The second-order valence-electron chi connectivity index (χ2n) is 5.66. The highest BCUT2D eigenvalue weighted by Crippen LogP contribution is 2.27. The van der Waals surface area contributed by atoms with Gasteiger partial charge in [0.15, 0.2) is 5.82 Å². The number of aromatic nitrogens is 2. The number of nitrogens with zero attached hydrogens (tertiary/aromatic N) is 3. The number of rotatable bonds is 2. The van der Waals surface area contributed by atoms with Crippen LogP contribution < -0.4 is 0 Å². The number of carbonyl (C=O) groups excluding carboxylic acids is 1. The summed E-state index contributed by atoms with van der Waals surface area (Å²) < 4.78 is 5.23. The van der Waals surface area contributed by atoms with Crippen molar-refractivity contribution >= 4 is 5.91 Å². The summed E-state index contributed by atoms with van der Waals surface area (Å²) in [7, 11) is 0. The van der Waals surface area contributed by atoms with Gasteiger partial charge < -0.3 is 9.42 Å². The van der Waals surface area contributed by atoms with Crippen molar-refractivity contribution in [3.63, 3.8) is 0 Å². The number of aryl methyl sites for hydroxylation is 2. The average molecular weight is 285 g/mol. The molecule has 1 aromatic carbocycles. The van der Waals surface area contributed by atoms with Crippen molar-refractivity contribution in [1.82, 2.24) is 15.0 Å². The third-order valence-electron chi connectivity index (χ3n) is 4.20. The molecule has 0 saturated carbocycles. The quantitative estimate of drug-likeness (QED) is 0.851. The van der Waals surface area contributed by atoms with Crippen molar-refractivity contribution in [2.24, 2.45) is 0 Å². The summed E-state index contributed by atoms with van der Waals surface area (Å²) >= 11 is 0. The van der Waals surface area contributed by atoms with Gasteiger partial charge in [-0.15, -0.1) is 0 Å². The minimum atomic E-state index is 0.0925. The molecule has 0 N–H and O–H groups in total. The van der Waals surface area contributed by atoms with Crippen LogP contribution in [0.5, 0.6) is 0 Å². The van der Waals surface area contributed by atoms with Crippen LogP contribution in [-0.4, -0.2) is 34.0 Å². The molecule has 0 radical (unpaired) electrons. The lowest BCUT2D eigenvalue weighted by atomic mass is 10.0. The number of amides is 1. The van der Waals surface area contributed by atoms with Gasteiger partial charge in [-0.2, -0.15) is 4.98 Å². The molecule has 1 saturated heterocycles. The van der Waals surface area contributed by atoms with Crippen LogP contribution in [0.25, 0.3) is 0 Å². The van der Waals surface area contributed by atoms with Gasteiger partial charge in [-0.1, -0.05) is 17.3 Å². The molecule has 0 aliphatic carbocycles. The van der Waals surface area contributed by atoms with E-state index in [2.05, 4.69) is 10.1 Å². The number of likely N-dealkylation sites (tertiary alicyclic amines) is 1. The molecule has 0 spiro atoms. The second-order valence-corrected chi connectivity index (χ2v) is 5.66. The van der Waals surface area contributed by atoms with Gasteiger partial charge in [0.2, 0.25) is 5.89 Å². The normalized spacial score (nSPS) is 18.2. The van der Waals surface area contributed by atoms with E-state index in [4.69, 9.17) is 4.52 Å². The number of benzene rings is 1. The number of hydrogen-bond donors (Lipinski definition) is 0. The molecule has 1 fully saturated rings. The summed E-state index contributed by atoms with van der Waals surface area (Å²) in [4.78, 5) is 18.8.